The molecule has 1 heteroatoms. The zero-order chi connectivity index (χ0) is 7.03. The van der Waals surface area contributed by atoms with Gasteiger partial charge in [-0.15, -0.1) is 0 Å². The Labute approximate surface area is 62.8 Å². The Morgan fingerprint density at radius 1 is 1.20 bits per heavy atom. The molecule has 0 N–H and O–H groups in total. The first-order valence-electron chi connectivity index (χ1n) is 4.45. The maximum absolute atomic E-state index is 5.61. The molecule has 1 saturated heterocycles. The zero-order valence-corrected chi connectivity index (χ0v) is 6.73. The van der Waals surface area contributed by atoms with Gasteiger partial charge < -0.3 is 4.74 Å². The van der Waals surface area contributed by atoms with Crippen LogP contribution in [0.3, 0.4) is 0 Å². The summed E-state index contributed by atoms with van der Waals surface area (Å²) in [5, 5.41) is 0. The molecule has 1 spiro atoms. The van der Waals surface area contributed by atoms with Crippen molar-refractivity contribution in [3.05, 3.63) is 0 Å². The van der Waals surface area contributed by atoms with Crippen LogP contribution in [0.15, 0.2) is 0 Å². The van der Waals surface area contributed by atoms with E-state index >= 15 is 0 Å². The van der Waals surface area contributed by atoms with E-state index in [1.807, 2.05) is 0 Å². The van der Waals surface area contributed by atoms with Crippen LogP contribution in [0, 0.1) is 5.92 Å². The molecule has 0 radical (unpaired) electrons. The molecule has 1 heterocycles. The Hall–Kier alpha value is -0.0400. The summed E-state index contributed by atoms with van der Waals surface area (Å²) in [6, 6.07) is 0. The molecule has 0 aromatic rings. The summed E-state index contributed by atoms with van der Waals surface area (Å²) in [6.07, 6.45) is 6.77. The lowest BCUT2D eigenvalue weighted by Gasteiger charge is -2.46. The SMILES string of the molecule is CC1CCC2(CCO2)CC1. The largest absolute Gasteiger partial charge is 0.375 e. The van der Waals surface area contributed by atoms with Gasteiger partial charge in [-0.25, -0.2) is 0 Å². The van der Waals surface area contributed by atoms with Gasteiger partial charge in [0.2, 0.25) is 0 Å². The average Bonchev–Trinajstić information content (AvgIpc) is 1.86. The number of ether oxygens (including phenoxy) is 1. The Morgan fingerprint density at radius 2 is 1.80 bits per heavy atom. The highest BCUT2D eigenvalue weighted by Crippen LogP contribution is 2.42. The van der Waals surface area contributed by atoms with E-state index in [1.165, 1.54) is 32.1 Å². The summed E-state index contributed by atoms with van der Waals surface area (Å²) in [5.41, 5.74) is 0.381. The first kappa shape index (κ1) is 6.66. The van der Waals surface area contributed by atoms with Crippen molar-refractivity contribution in [3.63, 3.8) is 0 Å². The molecule has 58 valence electrons. The molecule has 2 fully saturated rings. The predicted octanol–water partition coefficient (Wildman–Crippen LogP) is 2.36. The van der Waals surface area contributed by atoms with Crippen molar-refractivity contribution in [2.75, 3.05) is 6.61 Å². The molecule has 10 heavy (non-hydrogen) atoms. The molecule has 1 aliphatic carbocycles. The first-order valence-corrected chi connectivity index (χ1v) is 4.45. The van der Waals surface area contributed by atoms with Gasteiger partial charge in [-0.05, 0) is 38.0 Å². The topological polar surface area (TPSA) is 9.23 Å². The summed E-state index contributed by atoms with van der Waals surface area (Å²) in [7, 11) is 0. The van der Waals surface area contributed by atoms with Crippen LogP contribution in [0.5, 0.6) is 0 Å². The second kappa shape index (κ2) is 2.23. The van der Waals surface area contributed by atoms with Gasteiger partial charge in [0.05, 0.1) is 12.2 Å². The highest BCUT2D eigenvalue weighted by Gasteiger charge is 2.40. The van der Waals surface area contributed by atoms with Crippen molar-refractivity contribution < 1.29 is 4.74 Å². The molecule has 0 amide bonds. The van der Waals surface area contributed by atoms with Gasteiger partial charge in [0.15, 0.2) is 0 Å². The lowest BCUT2D eigenvalue weighted by molar-refractivity contribution is -0.169. The van der Waals surface area contributed by atoms with E-state index in [2.05, 4.69) is 6.92 Å². The van der Waals surface area contributed by atoms with E-state index in [1.54, 1.807) is 0 Å². The molecule has 0 aromatic carbocycles. The van der Waals surface area contributed by atoms with E-state index in [-0.39, 0.29) is 0 Å². The molecule has 0 unspecified atom stereocenters. The zero-order valence-electron chi connectivity index (χ0n) is 6.73. The minimum Gasteiger partial charge on any atom is -0.375 e. The summed E-state index contributed by atoms with van der Waals surface area (Å²) in [4.78, 5) is 0. The minimum atomic E-state index is 0.381. The van der Waals surface area contributed by atoms with Crippen LogP contribution in [-0.4, -0.2) is 12.2 Å². The fourth-order valence-electron chi connectivity index (χ4n) is 2.07. The third kappa shape index (κ3) is 0.968. The van der Waals surface area contributed by atoms with E-state index in [9.17, 15) is 0 Å². The maximum atomic E-state index is 5.61. The molecular weight excluding hydrogens is 124 g/mol. The molecule has 0 aromatic heterocycles. The Morgan fingerprint density at radius 3 is 2.20 bits per heavy atom. The van der Waals surface area contributed by atoms with Crippen molar-refractivity contribution in [1.82, 2.24) is 0 Å². The Balaban J connectivity index is 1.90. The van der Waals surface area contributed by atoms with Crippen LogP contribution >= 0.6 is 0 Å². The van der Waals surface area contributed by atoms with Crippen LogP contribution in [0.2, 0.25) is 0 Å². The van der Waals surface area contributed by atoms with Gasteiger partial charge in [0, 0.05) is 0 Å². The van der Waals surface area contributed by atoms with Gasteiger partial charge in [-0.2, -0.15) is 0 Å². The molecular formula is C9H16O. The van der Waals surface area contributed by atoms with E-state index in [0.717, 1.165) is 12.5 Å². The third-order valence-corrected chi connectivity index (χ3v) is 3.15. The summed E-state index contributed by atoms with van der Waals surface area (Å²) in [5.74, 6) is 0.954. The minimum absolute atomic E-state index is 0.381. The number of hydrogen-bond acceptors (Lipinski definition) is 1. The van der Waals surface area contributed by atoms with E-state index < -0.39 is 0 Å². The molecule has 1 saturated carbocycles. The van der Waals surface area contributed by atoms with Crippen LogP contribution in [-0.2, 0) is 4.74 Å². The number of rotatable bonds is 0. The van der Waals surface area contributed by atoms with E-state index in [4.69, 9.17) is 4.74 Å². The Bertz CT molecular complexity index is 117. The fourth-order valence-corrected chi connectivity index (χ4v) is 2.07. The maximum Gasteiger partial charge on any atom is 0.0704 e. The van der Waals surface area contributed by atoms with Crippen molar-refractivity contribution >= 4 is 0 Å². The molecule has 2 aliphatic rings. The van der Waals surface area contributed by atoms with Crippen molar-refractivity contribution in [2.24, 2.45) is 5.92 Å². The van der Waals surface area contributed by atoms with Crippen molar-refractivity contribution in [2.45, 2.75) is 44.6 Å². The smallest absolute Gasteiger partial charge is 0.0704 e. The standard InChI is InChI=1S/C9H16O/c1-8-2-4-9(5-3-8)6-7-10-9/h8H,2-7H2,1H3. The fraction of sp³-hybridized carbons (Fsp3) is 1.00. The lowest BCUT2D eigenvalue weighted by Crippen LogP contribution is -2.46. The summed E-state index contributed by atoms with van der Waals surface area (Å²) < 4.78 is 5.61. The van der Waals surface area contributed by atoms with Crippen LogP contribution in [0.25, 0.3) is 0 Å². The lowest BCUT2D eigenvalue weighted by atomic mass is 9.75. The third-order valence-electron chi connectivity index (χ3n) is 3.15. The van der Waals surface area contributed by atoms with Gasteiger partial charge in [0.1, 0.15) is 0 Å². The molecule has 1 nitrogen and oxygen atoms in total. The second-order valence-electron chi connectivity index (χ2n) is 3.96. The van der Waals surface area contributed by atoms with Gasteiger partial charge >= 0.3 is 0 Å². The molecule has 1 aliphatic heterocycles. The van der Waals surface area contributed by atoms with Crippen molar-refractivity contribution in [1.29, 1.82) is 0 Å². The number of hydrogen-bond donors (Lipinski definition) is 0. The highest BCUT2D eigenvalue weighted by molar-refractivity contribution is 4.91. The van der Waals surface area contributed by atoms with Gasteiger partial charge in [-0.1, -0.05) is 6.92 Å². The summed E-state index contributed by atoms with van der Waals surface area (Å²) >= 11 is 0. The van der Waals surface area contributed by atoms with Gasteiger partial charge in [0.25, 0.3) is 0 Å². The normalized spacial score (nSPS) is 47.1. The average molecular weight is 140 g/mol. The van der Waals surface area contributed by atoms with Gasteiger partial charge in [-0.3, -0.25) is 0 Å². The molecule has 0 bridgehead atoms. The summed E-state index contributed by atoms with van der Waals surface area (Å²) in [6.45, 7) is 3.37. The van der Waals surface area contributed by atoms with Crippen LogP contribution < -0.4 is 0 Å². The second-order valence-corrected chi connectivity index (χ2v) is 3.96. The Kier molecular flexibility index (Phi) is 1.48. The predicted molar refractivity (Wildman–Crippen MR) is 40.9 cm³/mol. The molecule has 2 rings (SSSR count). The van der Waals surface area contributed by atoms with Crippen molar-refractivity contribution in [3.8, 4) is 0 Å². The monoisotopic (exact) mass is 140 g/mol. The molecule has 0 atom stereocenters. The van der Waals surface area contributed by atoms with E-state index in [0.29, 0.717) is 5.60 Å². The van der Waals surface area contributed by atoms with Crippen LogP contribution in [0.1, 0.15) is 39.0 Å². The quantitative estimate of drug-likeness (QED) is 0.502. The van der Waals surface area contributed by atoms with Crippen LogP contribution in [0.4, 0.5) is 0 Å². The first-order chi connectivity index (χ1) is 4.81. The highest BCUT2D eigenvalue weighted by atomic mass is 16.5.